The van der Waals surface area contributed by atoms with Crippen molar-refractivity contribution in [2.24, 2.45) is 0 Å². The maximum atomic E-state index is 13.7. The minimum absolute atomic E-state index is 0.0520. The molecule has 1 saturated heterocycles. The van der Waals surface area contributed by atoms with Crippen molar-refractivity contribution in [2.75, 3.05) is 18.0 Å². The molecule has 7 heteroatoms. The first-order valence-corrected chi connectivity index (χ1v) is 9.44. The summed E-state index contributed by atoms with van der Waals surface area (Å²) in [5.74, 6) is 0.399. The number of aromatic nitrogens is 2. The van der Waals surface area contributed by atoms with Gasteiger partial charge in [0.05, 0.1) is 17.0 Å². The van der Waals surface area contributed by atoms with Crippen molar-refractivity contribution in [3.8, 4) is 10.6 Å². The van der Waals surface area contributed by atoms with Gasteiger partial charge in [0.15, 0.2) is 5.82 Å². The fourth-order valence-corrected chi connectivity index (χ4v) is 3.90. The van der Waals surface area contributed by atoms with Crippen molar-refractivity contribution in [3.05, 3.63) is 59.2 Å². The Balaban J connectivity index is 1.34. The molecule has 0 saturated carbocycles. The maximum Gasteiger partial charge on any atom is 0.224 e. The van der Waals surface area contributed by atoms with E-state index in [1.807, 2.05) is 17.5 Å². The van der Waals surface area contributed by atoms with Crippen molar-refractivity contribution in [1.82, 2.24) is 15.5 Å². The van der Waals surface area contributed by atoms with Crippen molar-refractivity contribution >= 4 is 23.1 Å². The van der Waals surface area contributed by atoms with Crippen molar-refractivity contribution < 1.29 is 9.18 Å². The van der Waals surface area contributed by atoms with E-state index in [1.54, 1.807) is 29.5 Å². The van der Waals surface area contributed by atoms with E-state index in [0.29, 0.717) is 12.1 Å². The number of benzene rings is 1. The first-order chi connectivity index (χ1) is 12.7. The van der Waals surface area contributed by atoms with E-state index >= 15 is 0 Å². The van der Waals surface area contributed by atoms with Gasteiger partial charge in [-0.2, -0.15) is 5.10 Å². The third-order valence-electron chi connectivity index (χ3n) is 4.54. The third kappa shape index (κ3) is 3.62. The Morgan fingerprint density at radius 1 is 1.35 bits per heavy atom. The number of carbonyl (C=O) groups excluding carboxylic acids is 1. The summed E-state index contributed by atoms with van der Waals surface area (Å²) in [5, 5.41) is 12.5. The molecule has 1 aliphatic rings. The zero-order valence-corrected chi connectivity index (χ0v) is 14.9. The molecule has 0 radical (unpaired) electrons. The average molecular weight is 370 g/mol. The Morgan fingerprint density at radius 3 is 3.04 bits per heavy atom. The second-order valence-electron chi connectivity index (χ2n) is 6.38. The van der Waals surface area contributed by atoms with Gasteiger partial charge in [-0.15, -0.1) is 11.3 Å². The van der Waals surface area contributed by atoms with Gasteiger partial charge in [0.25, 0.3) is 0 Å². The summed E-state index contributed by atoms with van der Waals surface area (Å²) in [4.78, 5) is 15.5. The minimum atomic E-state index is -0.340. The molecule has 1 aliphatic heterocycles. The Labute approximate surface area is 154 Å². The lowest BCUT2D eigenvalue weighted by Gasteiger charge is -2.16. The number of hydrogen-bond donors (Lipinski definition) is 2. The van der Waals surface area contributed by atoms with Gasteiger partial charge in [-0.3, -0.25) is 9.89 Å². The minimum Gasteiger partial charge on any atom is -0.353 e. The molecule has 26 heavy (non-hydrogen) atoms. The predicted octanol–water partition coefficient (Wildman–Crippen LogP) is 3.21. The van der Waals surface area contributed by atoms with Crippen LogP contribution in [0.4, 0.5) is 10.2 Å². The number of carbonyl (C=O) groups is 1. The Hall–Kier alpha value is -2.67. The van der Waals surface area contributed by atoms with Gasteiger partial charge in [0, 0.05) is 25.2 Å². The molecule has 2 N–H and O–H groups in total. The van der Waals surface area contributed by atoms with E-state index in [4.69, 9.17) is 0 Å². The van der Waals surface area contributed by atoms with Gasteiger partial charge in [-0.05, 0) is 29.5 Å². The largest absolute Gasteiger partial charge is 0.353 e. The number of nitrogens with zero attached hydrogens (tertiary/aromatic N) is 2. The molecule has 134 valence electrons. The highest BCUT2D eigenvalue weighted by Gasteiger charge is 2.26. The van der Waals surface area contributed by atoms with Crippen LogP contribution in [0.1, 0.15) is 12.0 Å². The molecule has 1 atom stereocenters. The lowest BCUT2D eigenvalue weighted by molar-refractivity contribution is -0.121. The monoisotopic (exact) mass is 370 g/mol. The maximum absolute atomic E-state index is 13.7. The van der Waals surface area contributed by atoms with Crippen molar-refractivity contribution in [3.63, 3.8) is 0 Å². The van der Waals surface area contributed by atoms with Gasteiger partial charge < -0.3 is 10.2 Å². The number of aromatic amines is 1. The lowest BCUT2D eigenvalue weighted by Crippen LogP contribution is -2.38. The zero-order valence-electron chi connectivity index (χ0n) is 14.1. The van der Waals surface area contributed by atoms with Crippen LogP contribution in [0.3, 0.4) is 0 Å². The van der Waals surface area contributed by atoms with E-state index in [9.17, 15) is 9.18 Å². The van der Waals surface area contributed by atoms with Crippen LogP contribution in [0.5, 0.6) is 0 Å². The van der Waals surface area contributed by atoms with E-state index in [1.165, 1.54) is 6.07 Å². The molecule has 1 aromatic carbocycles. The lowest BCUT2D eigenvalue weighted by atomic mass is 10.1. The number of anilines is 1. The highest BCUT2D eigenvalue weighted by molar-refractivity contribution is 7.13. The van der Waals surface area contributed by atoms with Gasteiger partial charge in [-0.1, -0.05) is 24.3 Å². The van der Waals surface area contributed by atoms with Crippen LogP contribution in [0.25, 0.3) is 10.6 Å². The summed E-state index contributed by atoms with van der Waals surface area (Å²) in [6.07, 6.45) is 0.915. The highest BCUT2D eigenvalue weighted by atomic mass is 32.1. The zero-order chi connectivity index (χ0) is 17.9. The summed E-state index contributed by atoms with van der Waals surface area (Å²) in [7, 11) is 0. The molecule has 3 heterocycles. The molecule has 3 aromatic rings. The molecule has 0 aliphatic carbocycles. The van der Waals surface area contributed by atoms with E-state index in [2.05, 4.69) is 26.5 Å². The molecular weight excluding hydrogens is 351 g/mol. The number of nitrogens with one attached hydrogen (secondary N) is 2. The van der Waals surface area contributed by atoms with Crippen LogP contribution in [0.2, 0.25) is 0 Å². The highest BCUT2D eigenvalue weighted by Crippen LogP contribution is 2.27. The molecule has 1 amide bonds. The van der Waals surface area contributed by atoms with Crippen molar-refractivity contribution in [1.29, 1.82) is 0 Å². The number of hydrogen-bond acceptors (Lipinski definition) is 4. The standard InChI is InChI=1S/C19H19FN4OS/c20-15-5-2-1-4-13(15)10-19(25)21-14-7-8-24(12-14)18-11-16(22-23-18)17-6-3-9-26-17/h1-6,9,11,14H,7-8,10,12H2,(H,21,25)(H,22,23)/t14-/m0/s1. The van der Waals surface area contributed by atoms with Crippen LogP contribution >= 0.6 is 11.3 Å². The molecular formula is C19H19FN4OS. The van der Waals surface area contributed by atoms with Gasteiger partial charge >= 0.3 is 0 Å². The summed E-state index contributed by atoms with van der Waals surface area (Å²) in [6.45, 7) is 1.54. The van der Waals surface area contributed by atoms with Crippen LogP contribution < -0.4 is 10.2 Å². The van der Waals surface area contributed by atoms with Crippen LogP contribution in [-0.2, 0) is 11.2 Å². The Kier molecular flexibility index (Phi) is 4.71. The van der Waals surface area contributed by atoms with E-state index in [-0.39, 0.29) is 24.2 Å². The summed E-state index contributed by atoms with van der Waals surface area (Å²) < 4.78 is 13.7. The quantitative estimate of drug-likeness (QED) is 0.725. The molecule has 1 fully saturated rings. The second kappa shape index (κ2) is 7.29. The fourth-order valence-electron chi connectivity index (χ4n) is 3.21. The Bertz CT molecular complexity index is 893. The fraction of sp³-hybridized carbons (Fsp3) is 0.263. The second-order valence-corrected chi connectivity index (χ2v) is 7.33. The van der Waals surface area contributed by atoms with Crippen LogP contribution in [-0.4, -0.2) is 35.2 Å². The topological polar surface area (TPSA) is 61.0 Å². The van der Waals surface area contributed by atoms with Gasteiger partial charge in [0.2, 0.25) is 5.91 Å². The summed E-state index contributed by atoms with van der Waals surface area (Å²) in [5.41, 5.74) is 1.43. The molecule has 5 nitrogen and oxygen atoms in total. The first-order valence-electron chi connectivity index (χ1n) is 8.56. The Morgan fingerprint density at radius 2 is 2.23 bits per heavy atom. The normalized spacial score (nSPS) is 16.8. The van der Waals surface area contributed by atoms with Crippen LogP contribution in [0, 0.1) is 5.82 Å². The molecule has 2 aromatic heterocycles. The SMILES string of the molecule is O=C(Cc1ccccc1F)N[C@H]1CCN(c2cc(-c3cccs3)[nH]n2)C1. The first kappa shape index (κ1) is 16.8. The molecule has 0 unspecified atom stereocenters. The summed E-state index contributed by atoms with van der Waals surface area (Å²) in [6, 6.07) is 12.5. The van der Waals surface area contributed by atoms with Crippen molar-refractivity contribution in [2.45, 2.75) is 18.9 Å². The van der Waals surface area contributed by atoms with Crippen LogP contribution in [0.15, 0.2) is 47.8 Å². The van der Waals surface area contributed by atoms with Gasteiger partial charge in [-0.25, -0.2) is 4.39 Å². The number of thiophene rings is 1. The smallest absolute Gasteiger partial charge is 0.224 e. The molecule has 0 bridgehead atoms. The summed E-state index contributed by atoms with van der Waals surface area (Å²) >= 11 is 1.67. The van der Waals surface area contributed by atoms with Gasteiger partial charge in [0.1, 0.15) is 5.82 Å². The van der Waals surface area contributed by atoms with E-state index < -0.39 is 0 Å². The third-order valence-corrected chi connectivity index (χ3v) is 5.44. The number of rotatable bonds is 5. The number of halogens is 1. The molecule has 0 spiro atoms. The number of H-pyrrole nitrogens is 1. The average Bonchev–Trinajstić information content (AvgIpc) is 3.37. The molecule has 4 rings (SSSR count). The van der Waals surface area contributed by atoms with E-state index in [0.717, 1.165) is 29.4 Å². The number of amides is 1. The predicted molar refractivity (Wildman–Crippen MR) is 101 cm³/mol.